The van der Waals surface area contributed by atoms with Crippen molar-refractivity contribution < 1.29 is 81.0 Å². The lowest BCUT2D eigenvalue weighted by molar-refractivity contribution is -0.355. The highest BCUT2D eigenvalue weighted by Crippen LogP contribution is 2.29. The summed E-state index contributed by atoms with van der Waals surface area (Å²) in [4.78, 5) is -0.823. The van der Waals surface area contributed by atoms with Crippen LogP contribution in [-0.2, 0) is 34.4 Å². The lowest BCUT2D eigenvalue weighted by Gasteiger charge is -2.45. The molecule has 0 bridgehead atoms. The van der Waals surface area contributed by atoms with Gasteiger partial charge in [-0.05, 0) is 12.1 Å². The van der Waals surface area contributed by atoms with Crippen molar-refractivity contribution in [1.29, 1.82) is 0 Å². The first-order valence-electron chi connectivity index (χ1n) is 11.8. The topological polar surface area (TPSA) is 298 Å². The fourth-order valence-corrected chi connectivity index (χ4v) is 5.68. The predicted octanol–water partition coefficient (Wildman–Crippen LogP) is -4.06. The summed E-state index contributed by atoms with van der Waals surface area (Å²) in [6.45, 7) is -1.35. The highest BCUT2D eigenvalue weighted by molar-refractivity contribution is 7.86. The number of fused-ring (bicyclic) bond motifs is 1. The fourth-order valence-electron chi connectivity index (χ4n) is 4.27. The van der Waals surface area contributed by atoms with E-state index >= 15 is 0 Å². The van der Waals surface area contributed by atoms with Gasteiger partial charge in [-0.2, -0.15) is 16.8 Å². The van der Waals surface area contributed by atoms with Gasteiger partial charge in [0.25, 0.3) is 20.2 Å². The molecule has 0 saturated carbocycles. The minimum Gasteiger partial charge on any atom is -0.394 e. The lowest BCUT2D eigenvalue weighted by Crippen LogP contribution is -2.64. The summed E-state index contributed by atoms with van der Waals surface area (Å²) in [6, 6.07) is 7.53. The summed E-state index contributed by atoms with van der Waals surface area (Å²) in [6.07, 6.45) is -15.6. The van der Waals surface area contributed by atoms with Gasteiger partial charge in [0, 0.05) is 10.8 Å². The zero-order chi connectivity index (χ0) is 30.9. The Morgan fingerprint density at radius 2 is 1.12 bits per heavy atom. The third kappa shape index (κ3) is 7.36. The van der Waals surface area contributed by atoms with Crippen LogP contribution in [0.5, 0.6) is 0 Å². The number of aliphatic hydroxyl groups excluding tert-OH is 8. The molecule has 0 radical (unpaired) electrons. The third-order valence-electron chi connectivity index (χ3n) is 6.38. The van der Waals surface area contributed by atoms with Crippen LogP contribution in [0.25, 0.3) is 10.8 Å². The van der Waals surface area contributed by atoms with E-state index < -0.39 is 105 Å². The van der Waals surface area contributed by atoms with Crippen molar-refractivity contribution in [3.63, 3.8) is 0 Å². The van der Waals surface area contributed by atoms with E-state index in [2.05, 4.69) is 0 Å². The van der Waals surface area contributed by atoms with E-state index in [-0.39, 0.29) is 10.8 Å². The van der Waals surface area contributed by atoms with Gasteiger partial charge in [0.05, 0.1) is 13.2 Å². The van der Waals surface area contributed by atoms with Crippen LogP contribution in [0.2, 0.25) is 0 Å². The number of aliphatic hydroxyl groups is 8. The summed E-state index contributed by atoms with van der Waals surface area (Å²) in [5.41, 5.74) is 0. The second-order valence-electron chi connectivity index (χ2n) is 9.08. The van der Waals surface area contributed by atoms with Gasteiger partial charge in [0.2, 0.25) is 0 Å². The summed E-state index contributed by atoms with van der Waals surface area (Å²) in [5.74, 6) is 0. The van der Waals surface area contributed by atoms with Gasteiger partial charge < -0.3 is 55.1 Å². The van der Waals surface area contributed by atoms with Crippen LogP contribution in [-0.4, -0.2) is 141 Å². The monoisotopic (exact) mass is 630 g/mol. The molecule has 0 spiro atoms. The molecule has 0 amide bonds. The molecule has 2 aliphatic rings. The smallest absolute Gasteiger partial charge is 0.295 e. The zero-order valence-electron chi connectivity index (χ0n) is 20.8. The molecule has 2 fully saturated rings. The normalized spacial score (nSPS) is 34.6. The Morgan fingerprint density at radius 3 is 1.56 bits per heavy atom. The number of rotatable bonds is 6. The standard InChI is InChI=1S/C12H22O11.C10H8O6S2/c13-1-3-5(15)6(16)9(19)12(22-3)23-10-4(2-14)21-11(20)8(18)7(10)17;11-17(12,13)9-5-1-3-7-8(9)4-2-6-10(7)18(14,15)16/h3-20H,1-2H2;1-6H,(H,11,12,13)(H,14,15,16)/t3-,4-,5+,6+,7-,8-,9-,10-,11?,12+;/m1./s1. The molecule has 10 atom stereocenters. The maximum absolute atomic E-state index is 11.2. The van der Waals surface area contributed by atoms with E-state index in [1.807, 2.05) is 0 Å². The Hall–Kier alpha value is -1.92. The molecule has 2 saturated heterocycles. The van der Waals surface area contributed by atoms with Gasteiger partial charge in [-0.1, -0.05) is 24.3 Å². The maximum atomic E-state index is 11.2. The first-order valence-corrected chi connectivity index (χ1v) is 14.6. The molecule has 2 aromatic carbocycles. The quantitative estimate of drug-likeness (QED) is 0.136. The summed E-state index contributed by atoms with van der Waals surface area (Å²) >= 11 is 0. The van der Waals surface area contributed by atoms with Crippen LogP contribution in [0, 0.1) is 0 Å². The molecule has 19 heteroatoms. The van der Waals surface area contributed by atoms with Crippen LogP contribution < -0.4 is 0 Å². The molecular formula is C22H30O17S2. The predicted molar refractivity (Wildman–Crippen MR) is 132 cm³/mol. The molecule has 17 nitrogen and oxygen atoms in total. The molecule has 41 heavy (non-hydrogen) atoms. The van der Waals surface area contributed by atoms with Gasteiger partial charge >= 0.3 is 0 Å². The Labute approximate surface area is 232 Å². The van der Waals surface area contributed by atoms with Crippen LogP contribution in [0.1, 0.15) is 0 Å². The van der Waals surface area contributed by atoms with E-state index in [0.717, 1.165) is 12.1 Å². The van der Waals surface area contributed by atoms with Crippen LogP contribution in [0.4, 0.5) is 0 Å². The van der Waals surface area contributed by atoms with Crippen molar-refractivity contribution in [2.75, 3.05) is 13.2 Å². The first kappa shape index (κ1) is 33.6. The Bertz CT molecular complexity index is 1320. The zero-order valence-corrected chi connectivity index (χ0v) is 22.4. The van der Waals surface area contributed by atoms with Crippen molar-refractivity contribution in [3.8, 4) is 0 Å². The molecule has 4 rings (SSSR count). The fraction of sp³-hybridized carbons (Fsp3) is 0.545. The van der Waals surface area contributed by atoms with Crippen LogP contribution in [0.15, 0.2) is 46.2 Å². The molecule has 2 heterocycles. The van der Waals surface area contributed by atoms with Crippen molar-refractivity contribution >= 4 is 31.0 Å². The molecular weight excluding hydrogens is 600 g/mol. The van der Waals surface area contributed by atoms with Gasteiger partial charge in [-0.15, -0.1) is 0 Å². The highest BCUT2D eigenvalue weighted by Gasteiger charge is 2.50. The lowest BCUT2D eigenvalue weighted by atomic mass is 9.97. The van der Waals surface area contributed by atoms with Crippen LogP contribution in [0.3, 0.4) is 0 Å². The van der Waals surface area contributed by atoms with Crippen molar-refractivity contribution in [2.45, 2.75) is 71.2 Å². The summed E-state index contributed by atoms with van der Waals surface area (Å²) in [7, 11) is -8.94. The second kappa shape index (κ2) is 13.2. The van der Waals surface area contributed by atoms with E-state index in [0.29, 0.717) is 0 Å². The first-order chi connectivity index (χ1) is 19.0. The largest absolute Gasteiger partial charge is 0.394 e. The number of hydrogen-bond donors (Lipinski definition) is 10. The second-order valence-corrected chi connectivity index (χ2v) is 11.9. The summed E-state index contributed by atoms with van der Waals surface area (Å²) in [5, 5.41) is 76.5. The van der Waals surface area contributed by atoms with E-state index in [4.69, 9.17) is 28.4 Å². The molecule has 232 valence electrons. The molecule has 1 unspecified atom stereocenters. The number of ether oxygens (including phenoxy) is 3. The van der Waals surface area contributed by atoms with E-state index in [1.54, 1.807) is 0 Å². The van der Waals surface area contributed by atoms with E-state index in [1.165, 1.54) is 24.3 Å². The SMILES string of the molecule is O=S(=O)(O)c1cccc2c(S(=O)(=O)O)cccc12.OC[C@H]1O[C@@H](O[C@H]2[C@H](O)[C@@H](O)C(O)O[C@@H]2CO)[C@H](O)[C@@H](O)[C@H]1O. The average molecular weight is 631 g/mol. The molecule has 10 N–H and O–H groups in total. The van der Waals surface area contributed by atoms with Gasteiger partial charge in [0.15, 0.2) is 12.6 Å². The molecule has 2 aliphatic heterocycles. The minimum absolute atomic E-state index is 0.0233. The molecule has 0 aliphatic carbocycles. The maximum Gasteiger partial charge on any atom is 0.295 e. The summed E-state index contributed by atoms with van der Waals surface area (Å²) < 4.78 is 77.9. The molecule has 0 aromatic heterocycles. The van der Waals surface area contributed by atoms with Crippen molar-refractivity contribution in [2.24, 2.45) is 0 Å². The third-order valence-corrected chi connectivity index (χ3v) is 8.20. The van der Waals surface area contributed by atoms with Crippen molar-refractivity contribution in [3.05, 3.63) is 36.4 Å². The van der Waals surface area contributed by atoms with Gasteiger partial charge in [-0.25, -0.2) is 0 Å². The van der Waals surface area contributed by atoms with Crippen LogP contribution >= 0.6 is 0 Å². The van der Waals surface area contributed by atoms with Crippen molar-refractivity contribution in [1.82, 2.24) is 0 Å². The minimum atomic E-state index is -4.47. The number of hydrogen-bond acceptors (Lipinski definition) is 15. The average Bonchev–Trinajstić information content (AvgIpc) is 2.91. The Kier molecular flexibility index (Phi) is 10.8. The highest BCUT2D eigenvalue weighted by atomic mass is 32.2. The van der Waals surface area contributed by atoms with E-state index in [9.17, 15) is 52.6 Å². The molecule has 2 aromatic rings. The van der Waals surface area contributed by atoms with Gasteiger partial charge in [0.1, 0.15) is 58.6 Å². The number of benzene rings is 2. The Balaban J connectivity index is 0.000000232. The van der Waals surface area contributed by atoms with Gasteiger partial charge in [-0.3, -0.25) is 9.11 Å². The Morgan fingerprint density at radius 1 is 0.634 bits per heavy atom.